The average molecular weight is 672 g/mol. The Morgan fingerprint density at radius 2 is 0.961 bits per heavy atom. The van der Waals surface area contributed by atoms with Gasteiger partial charge in [-0.05, 0) is 88.0 Å². The Morgan fingerprint density at radius 1 is 0.392 bits per heavy atom. The molecule has 51 heavy (non-hydrogen) atoms. The Kier molecular flexibility index (Phi) is 8.17. The second-order valence-electron chi connectivity index (χ2n) is 12.5. The maximum atomic E-state index is 6.83. The van der Waals surface area contributed by atoms with Gasteiger partial charge in [0.2, 0.25) is 0 Å². The van der Waals surface area contributed by atoms with E-state index in [9.17, 15) is 0 Å². The number of anilines is 3. The normalized spacial score (nSPS) is 11.2. The van der Waals surface area contributed by atoms with Crippen LogP contribution in [0, 0.1) is 0 Å². The van der Waals surface area contributed by atoms with E-state index in [1.165, 1.54) is 37.6 Å². The van der Waals surface area contributed by atoms with Gasteiger partial charge in [-0.2, -0.15) is 0 Å². The van der Waals surface area contributed by atoms with Gasteiger partial charge in [0, 0.05) is 31.9 Å². The zero-order chi connectivity index (χ0) is 34.0. The third kappa shape index (κ3) is 6.09. The molecule has 1 aromatic heterocycles. The first kappa shape index (κ1) is 30.7. The van der Waals surface area contributed by atoms with Crippen molar-refractivity contribution in [3.63, 3.8) is 0 Å². The van der Waals surface area contributed by atoms with Crippen LogP contribution in [0.15, 0.2) is 214 Å². The maximum Gasteiger partial charge on any atom is 0.159 e. The van der Waals surface area contributed by atoms with E-state index in [0.29, 0.717) is 0 Å². The van der Waals surface area contributed by atoms with Crippen molar-refractivity contribution < 1.29 is 4.42 Å². The van der Waals surface area contributed by atoms with E-state index in [4.69, 9.17) is 4.42 Å². The van der Waals surface area contributed by atoms with Crippen molar-refractivity contribution in [3.8, 4) is 33.4 Å². The summed E-state index contributed by atoms with van der Waals surface area (Å²) in [5.74, 6) is 0. The molecule has 0 atom stereocenters. The lowest BCUT2D eigenvalue weighted by Crippen LogP contribution is -2.10. The van der Waals surface area contributed by atoms with Gasteiger partial charge in [0.05, 0.1) is 5.69 Å². The smallest absolute Gasteiger partial charge is 0.159 e. The zero-order valence-electron chi connectivity index (χ0n) is 27.8. The first-order chi connectivity index (χ1) is 25.3. The predicted octanol–water partition coefficient (Wildman–Crippen LogP) is 14.2. The van der Waals surface area contributed by atoms with Crippen molar-refractivity contribution in [1.82, 2.24) is 0 Å². The summed E-state index contributed by atoms with van der Waals surface area (Å²) >= 11 is 1.79. The molecule has 0 amide bonds. The molecule has 0 N–H and O–H groups in total. The van der Waals surface area contributed by atoms with Crippen LogP contribution in [0.5, 0.6) is 0 Å². The summed E-state index contributed by atoms with van der Waals surface area (Å²) in [7, 11) is 0. The van der Waals surface area contributed by atoms with Gasteiger partial charge in [0.25, 0.3) is 0 Å². The largest absolute Gasteiger partial charge is 0.454 e. The Labute approximate surface area is 302 Å². The van der Waals surface area contributed by atoms with Gasteiger partial charge in [-0.25, -0.2) is 0 Å². The molecule has 0 radical (unpaired) electrons. The Morgan fingerprint density at radius 3 is 1.65 bits per heavy atom. The molecule has 2 nitrogen and oxygen atoms in total. The summed E-state index contributed by atoms with van der Waals surface area (Å²) in [6, 6.07) is 70.9. The molecular weight excluding hydrogens is 639 g/mol. The fourth-order valence-corrected chi connectivity index (χ4v) is 7.86. The number of furan rings is 1. The Bertz CT molecular complexity index is 2580. The lowest BCUT2D eigenvalue weighted by Gasteiger charge is -2.27. The molecule has 0 saturated carbocycles. The highest BCUT2D eigenvalue weighted by Crippen LogP contribution is 2.46. The van der Waals surface area contributed by atoms with Crippen LogP contribution in [0.3, 0.4) is 0 Å². The van der Waals surface area contributed by atoms with Gasteiger partial charge >= 0.3 is 0 Å². The summed E-state index contributed by atoms with van der Waals surface area (Å²) in [5, 5.41) is 2.19. The third-order valence-electron chi connectivity index (χ3n) is 9.34. The van der Waals surface area contributed by atoms with E-state index in [0.717, 1.165) is 44.6 Å². The minimum atomic E-state index is 0.856. The van der Waals surface area contributed by atoms with Crippen LogP contribution in [0.1, 0.15) is 0 Å². The van der Waals surface area contributed by atoms with Gasteiger partial charge in [-0.3, -0.25) is 0 Å². The summed E-state index contributed by atoms with van der Waals surface area (Å²) in [5.41, 5.74) is 11.9. The number of hydrogen-bond donors (Lipinski definition) is 0. The van der Waals surface area contributed by atoms with Crippen LogP contribution >= 0.6 is 11.8 Å². The van der Waals surface area contributed by atoms with Crippen LogP contribution in [0.2, 0.25) is 0 Å². The minimum absolute atomic E-state index is 0.856. The quantitative estimate of drug-likeness (QED) is 0.160. The molecule has 0 unspecified atom stereocenters. The molecule has 3 heteroatoms. The van der Waals surface area contributed by atoms with Crippen molar-refractivity contribution >= 4 is 50.8 Å². The zero-order valence-corrected chi connectivity index (χ0v) is 28.6. The lowest BCUT2D eigenvalue weighted by atomic mass is 10.0. The standard InChI is InChI=1S/C48H33NOS/c1-5-14-34(15-6-1)36-24-27-39(28-25-36)49(40-29-31-42(37-18-9-3-10-19-37)47(33-40)51-41-20-11-4-12-21-41)45-23-13-22-44-43-30-26-38(32-46(43)50-48(44)45)35-16-7-2-8-17-35/h1-33H. The number of fused-ring (bicyclic) bond motifs is 3. The highest BCUT2D eigenvalue weighted by molar-refractivity contribution is 7.99. The highest BCUT2D eigenvalue weighted by atomic mass is 32.2. The van der Waals surface area contributed by atoms with E-state index in [-0.39, 0.29) is 0 Å². The topological polar surface area (TPSA) is 16.4 Å². The van der Waals surface area contributed by atoms with E-state index in [2.05, 4.69) is 199 Å². The van der Waals surface area contributed by atoms with Crippen molar-refractivity contribution in [3.05, 3.63) is 200 Å². The molecule has 0 saturated heterocycles. The van der Waals surface area contributed by atoms with Crippen LogP contribution in [0.4, 0.5) is 17.1 Å². The molecule has 0 aliphatic rings. The number of para-hydroxylation sites is 1. The molecule has 0 fully saturated rings. The predicted molar refractivity (Wildman–Crippen MR) is 215 cm³/mol. The second-order valence-corrected chi connectivity index (χ2v) is 13.7. The summed E-state index contributed by atoms with van der Waals surface area (Å²) in [6.45, 7) is 0. The Balaban J connectivity index is 1.23. The molecular formula is C48H33NOS. The molecule has 0 aliphatic heterocycles. The van der Waals surface area contributed by atoms with Gasteiger partial charge in [0.1, 0.15) is 5.58 Å². The number of hydrogen-bond acceptors (Lipinski definition) is 3. The molecule has 0 aliphatic carbocycles. The highest BCUT2D eigenvalue weighted by Gasteiger charge is 2.21. The van der Waals surface area contributed by atoms with Crippen molar-refractivity contribution in [2.45, 2.75) is 9.79 Å². The molecule has 9 rings (SSSR count). The number of rotatable bonds is 8. The van der Waals surface area contributed by atoms with Gasteiger partial charge in [-0.15, -0.1) is 0 Å². The van der Waals surface area contributed by atoms with Crippen LogP contribution in [-0.2, 0) is 0 Å². The molecule has 1 heterocycles. The monoisotopic (exact) mass is 671 g/mol. The number of benzene rings is 8. The van der Waals surface area contributed by atoms with Crippen LogP contribution in [0.25, 0.3) is 55.3 Å². The van der Waals surface area contributed by atoms with E-state index in [1.807, 2.05) is 6.07 Å². The van der Waals surface area contributed by atoms with Gasteiger partial charge < -0.3 is 9.32 Å². The summed E-state index contributed by atoms with van der Waals surface area (Å²) in [6.07, 6.45) is 0. The van der Waals surface area contributed by atoms with Crippen molar-refractivity contribution in [1.29, 1.82) is 0 Å². The third-order valence-corrected chi connectivity index (χ3v) is 10.4. The Hall–Kier alpha value is -6.29. The summed E-state index contributed by atoms with van der Waals surface area (Å²) in [4.78, 5) is 4.71. The fourth-order valence-electron chi connectivity index (χ4n) is 6.84. The van der Waals surface area contributed by atoms with E-state index in [1.54, 1.807) is 11.8 Å². The first-order valence-electron chi connectivity index (χ1n) is 17.2. The SMILES string of the molecule is c1ccc(Sc2cc(N(c3ccc(-c4ccccc4)cc3)c3cccc4c3oc3cc(-c5ccccc5)ccc34)ccc2-c2ccccc2)cc1. The fraction of sp³-hybridized carbons (Fsp3) is 0. The second kappa shape index (κ2) is 13.5. The maximum absolute atomic E-state index is 6.83. The molecule has 0 spiro atoms. The molecule has 242 valence electrons. The average Bonchev–Trinajstić information content (AvgIpc) is 3.59. The molecule has 8 aromatic carbocycles. The minimum Gasteiger partial charge on any atom is -0.454 e. The number of nitrogens with zero attached hydrogens (tertiary/aromatic N) is 1. The lowest BCUT2D eigenvalue weighted by molar-refractivity contribution is 0.669. The van der Waals surface area contributed by atoms with Gasteiger partial charge in [0.15, 0.2) is 5.58 Å². The van der Waals surface area contributed by atoms with Gasteiger partial charge in [-0.1, -0.05) is 157 Å². The van der Waals surface area contributed by atoms with Crippen molar-refractivity contribution in [2.75, 3.05) is 4.90 Å². The van der Waals surface area contributed by atoms with Crippen LogP contribution in [-0.4, -0.2) is 0 Å². The summed E-state index contributed by atoms with van der Waals surface area (Å²) < 4.78 is 6.83. The van der Waals surface area contributed by atoms with Crippen molar-refractivity contribution in [2.24, 2.45) is 0 Å². The van der Waals surface area contributed by atoms with Crippen LogP contribution < -0.4 is 4.90 Å². The van der Waals surface area contributed by atoms with E-state index < -0.39 is 0 Å². The molecule has 0 bridgehead atoms. The first-order valence-corrected chi connectivity index (χ1v) is 18.0. The molecule has 9 aromatic rings. The van der Waals surface area contributed by atoms with E-state index >= 15 is 0 Å².